The average molecular weight is 208 g/mol. The van der Waals surface area contributed by atoms with Crippen LogP contribution in [0.1, 0.15) is 39.0 Å². The van der Waals surface area contributed by atoms with Gasteiger partial charge < -0.3 is 10.2 Å². The van der Waals surface area contributed by atoms with Crippen LogP contribution in [-0.4, -0.2) is 21.9 Å². The highest BCUT2D eigenvalue weighted by atomic mass is 16.3. The van der Waals surface area contributed by atoms with Crippen molar-refractivity contribution in [1.82, 2.24) is 0 Å². The van der Waals surface area contributed by atoms with E-state index in [1.165, 1.54) is 5.57 Å². The molecule has 15 heavy (non-hydrogen) atoms. The maximum absolute atomic E-state index is 11.0. The van der Waals surface area contributed by atoms with E-state index in [-0.39, 0.29) is 23.4 Å². The van der Waals surface area contributed by atoms with Gasteiger partial charge in [0.1, 0.15) is 0 Å². The Kier molecular flexibility index (Phi) is 1.75. The zero-order valence-electron chi connectivity index (χ0n) is 9.37. The standard InChI is InChI=1S/C13H20O2/c1-8-3-5-12-6-4-10(8)13(12,15)9(2)7-11(12)14/h9-11,14-15H,1,3-7H2,2H3/t9-,10-,11+,12-,13+/m0/s1. The van der Waals surface area contributed by atoms with Crippen LogP contribution in [0.15, 0.2) is 12.2 Å². The molecule has 2 heteroatoms. The third-order valence-corrected chi connectivity index (χ3v) is 5.56. The number of rotatable bonds is 0. The van der Waals surface area contributed by atoms with Gasteiger partial charge in [-0.25, -0.2) is 0 Å². The summed E-state index contributed by atoms with van der Waals surface area (Å²) in [6.07, 6.45) is 4.41. The van der Waals surface area contributed by atoms with Crippen molar-refractivity contribution >= 4 is 0 Å². The van der Waals surface area contributed by atoms with Crippen LogP contribution in [0, 0.1) is 17.3 Å². The molecule has 5 atom stereocenters. The molecule has 84 valence electrons. The smallest absolute Gasteiger partial charge is 0.0819 e. The van der Waals surface area contributed by atoms with Crippen molar-refractivity contribution in [2.75, 3.05) is 0 Å². The Morgan fingerprint density at radius 2 is 2.13 bits per heavy atom. The Hall–Kier alpha value is -0.340. The van der Waals surface area contributed by atoms with Crippen molar-refractivity contribution in [3.05, 3.63) is 12.2 Å². The van der Waals surface area contributed by atoms with Gasteiger partial charge in [-0.15, -0.1) is 0 Å². The molecule has 0 amide bonds. The summed E-state index contributed by atoms with van der Waals surface area (Å²) < 4.78 is 0. The highest BCUT2D eigenvalue weighted by Gasteiger charge is 2.70. The molecule has 0 aromatic rings. The zero-order valence-corrected chi connectivity index (χ0v) is 9.37. The number of hydrogen-bond donors (Lipinski definition) is 2. The van der Waals surface area contributed by atoms with Gasteiger partial charge in [0.2, 0.25) is 0 Å². The van der Waals surface area contributed by atoms with Gasteiger partial charge >= 0.3 is 0 Å². The predicted octanol–water partition coefficient (Wildman–Crippen LogP) is 1.86. The summed E-state index contributed by atoms with van der Waals surface area (Å²) in [6.45, 7) is 6.20. The van der Waals surface area contributed by atoms with Crippen molar-refractivity contribution in [3.8, 4) is 0 Å². The zero-order chi connectivity index (χ0) is 10.8. The molecule has 0 heterocycles. The molecule has 0 spiro atoms. The lowest BCUT2D eigenvalue weighted by Crippen LogP contribution is -2.53. The van der Waals surface area contributed by atoms with Crippen LogP contribution in [0.25, 0.3) is 0 Å². The summed E-state index contributed by atoms with van der Waals surface area (Å²) in [6, 6.07) is 0. The molecule has 3 aliphatic carbocycles. The average Bonchev–Trinajstić information content (AvgIpc) is 2.48. The predicted molar refractivity (Wildman–Crippen MR) is 58.3 cm³/mol. The van der Waals surface area contributed by atoms with E-state index in [4.69, 9.17) is 0 Å². The third-order valence-electron chi connectivity index (χ3n) is 5.56. The minimum atomic E-state index is -0.651. The first-order valence-corrected chi connectivity index (χ1v) is 6.10. The normalized spacial score (nSPS) is 58.3. The van der Waals surface area contributed by atoms with Crippen molar-refractivity contribution in [2.45, 2.75) is 50.7 Å². The fourth-order valence-corrected chi connectivity index (χ4v) is 4.74. The molecule has 3 fully saturated rings. The van der Waals surface area contributed by atoms with Crippen molar-refractivity contribution < 1.29 is 10.2 Å². The van der Waals surface area contributed by atoms with Crippen molar-refractivity contribution in [3.63, 3.8) is 0 Å². The van der Waals surface area contributed by atoms with Gasteiger partial charge in [0.15, 0.2) is 0 Å². The number of aliphatic hydroxyl groups is 2. The minimum absolute atomic E-state index is 0.196. The molecule has 3 aliphatic rings. The molecule has 2 bridgehead atoms. The summed E-state index contributed by atoms with van der Waals surface area (Å²) in [5, 5.41) is 21.2. The third kappa shape index (κ3) is 0.853. The fourth-order valence-electron chi connectivity index (χ4n) is 4.74. The number of hydrogen-bond acceptors (Lipinski definition) is 2. The van der Waals surface area contributed by atoms with E-state index in [9.17, 15) is 10.2 Å². The lowest BCUT2D eigenvalue weighted by molar-refractivity contribution is -0.128. The van der Waals surface area contributed by atoms with Gasteiger partial charge in [-0.1, -0.05) is 19.1 Å². The van der Waals surface area contributed by atoms with Crippen LogP contribution in [0.2, 0.25) is 0 Å². The Balaban J connectivity index is 2.14. The lowest BCUT2D eigenvalue weighted by atomic mass is 9.62. The van der Waals surface area contributed by atoms with Crippen LogP contribution >= 0.6 is 0 Å². The second-order valence-electron chi connectivity index (χ2n) is 5.88. The van der Waals surface area contributed by atoms with Gasteiger partial charge in [-0.2, -0.15) is 0 Å². The van der Waals surface area contributed by atoms with Gasteiger partial charge in [0.05, 0.1) is 11.7 Å². The maximum atomic E-state index is 11.0. The Bertz CT molecular complexity index is 324. The molecular formula is C13H20O2. The topological polar surface area (TPSA) is 40.5 Å². The Morgan fingerprint density at radius 1 is 1.40 bits per heavy atom. The van der Waals surface area contributed by atoms with Crippen molar-refractivity contribution in [2.24, 2.45) is 17.3 Å². The quantitative estimate of drug-likeness (QED) is 0.597. The first kappa shape index (κ1) is 9.86. The first-order chi connectivity index (χ1) is 7.02. The van der Waals surface area contributed by atoms with Gasteiger partial charge in [-0.3, -0.25) is 0 Å². The van der Waals surface area contributed by atoms with Gasteiger partial charge in [0.25, 0.3) is 0 Å². The van der Waals surface area contributed by atoms with E-state index >= 15 is 0 Å². The van der Waals surface area contributed by atoms with Gasteiger partial charge in [-0.05, 0) is 38.0 Å². The molecule has 3 rings (SSSR count). The van der Waals surface area contributed by atoms with E-state index in [2.05, 4.69) is 13.5 Å². The van der Waals surface area contributed by atoms with Crippen LogP contribution in [-0.2, 0) is 0 Å². The van der Waals surface area contributed by atoms with E-state index in [0.29, 0.717) is 0 Å². The summed E-state index contributed by atoms with van der Waals surface area (Å²) in [5.41, 5.74) is 0.367. The molecule has 0 aromatic heterocycles. The Labute approximate surface area is 91.0 Å². The lowest BCUT2D eigenvalue weighted by Gasteiger charge is -2.48. The highest BCUT2D eigenvalue weighted by molar-refractivity contribution is 5.29. The monoisotopic (exact) mass is 208 g/mol. The highest BCUT2D eigenvalue weighted by Crippen LogP contribution is 2.68. The van der Waals surface area contributed by atoms with Gasteiger partial charge in [0, 0.05) is 11.3 Å². The van der Waals surface area contributed by atoms with Crippen LogP contribution < -0.4 is 0 Å². The summed E-state index contributed by atoms with van der Waals surface area (Å²) >= 11 is 0. The molecule has 2 N–H and O–H groups in total. The largest absolute Gasteiger partial charge is 0.392 e. The molecule has 0 unspecified atom stereocenters. The van der Waals surface area contributed by atoms with E-state index in [1.807, 2.05) is 0 Å². The molecule has 0 saturated heterocycles. The van der Waals surface area contributed by atoms with E-state index < -0.39 is 5.60 Å². The molecular weight excluding hydrogens is 188 g/mol. The molecule has 3 saturated carbocycles. The van der Waals surface area contributed by atoms with E-state index in [1.54, 1.807) is 0 Å². The first-order valence-electron chi connectivity index (χ1n) is 6.10. The van der Waals surface area contributed by atoms with Crippen LogP contribution in [0.5, 0.6) is 0 Å². The SMILES string of the molecule is C=C1CC[C@@]23CC[C@@H]1[C@]2(O)[C@@H](C)C[C@H]3O. The fraction of sp³-hybridized carbons (Fsp3) is 0.846. The van der Waals surface area contributed by atoms with E-state index in [0.717, 1.165) is 32.1 Å². The second-order valence-corrected chi connectivity index (χ2v) is 5.88. The summed E-state index contributed by atoms with van der Waals surface area (Å²) in [7, 11) is 0. The summed E-state index contributed by atoms with van der Waals surface area (Å²) in [5.74, 6) is 0.468. The molecule has 0 aliphatic heterocycles. The van der Waals surface area contributed by atoms with Crippen LogP contribution in [0.3, 0.4) is 0 Å². The van der Waals surface area contributed by atoms with Crippen LogP contribution in [0.4, 0.5) is 0 Å². The molecule has 2 nitrogen and oxygen atoms in total. The summed E-state index contributed by atoms with van der Waals surface area (Å²) in [4.78, 5) is 0. The second kappa shape index (κ2) is 2.67. The Morgan fingerprint density at radius 3 is 2.87 bits per heavy atom. The molecule has 0 radical (unpaired) electrons. The van der Waals surface area contributed by atoms with Crippen molar-refractivity contribution in [1.29, 1.82) is 0 Å². The molecule has 0 aromatic carbocycles. The number of aliphatic hydroxyl groups excluding tert-OH is 1. The maximum Gasteiger partial charge on any atom is 0.0819 e. The minimum Gasteiger partial charge on any atom is -0.392 e.